The number of rotatable bonds is 4. The molecule has 4 nitrogen and oxygen atoms in total. The van der Waals surface area contributed by atoms with E-state index in [1.54, 1.807) is 0 Å². The standard InChI is InChI=1S/C17H16N2O2S/c1-13-7-5-6-10-15(13)12-18-16(20)19(22-17(18)21)11-14-8-3-2-4-9-14/h2-10H,11-12H2,1H3. The van der Waals surface area contributed by atoms with Crippen LogP contribution in [0.25, 0.3) is 0 Å². The summed E-state index contributed by atoms with van der Waals surface area (Å²) in [6, 6.07) is 17.5. The Hall–Kier alpha value is -2.40. The lowest BCUT2D eigenvalue weighted by molar-refractivity contribution is 0.683. The Kier molecular flexibility index (Phi) is 4.06. The van der Waals surface area contributed by atoms with Gasteiger partial charge in [-0.25, -0.2) is 13.3 Å². The van der Waals surface area contributed by atoms with Gasteiger partial charge in [0.25, 0.3) is 0 Å². The number of aromatic nitrogens is 2. The number of nitrogens with zero attached hydrogens (tertiary/aromatic N) is 2. The van der Waals surface area contributed by atoms with Crippen LogP contribution in [-0.4, -0.2) is 8.52 Å². The molecule has 0 atom stereocenters. The lowest BCUT2D eigenvalue weighted by Crippen LogP contribution is -2.29. The molecule has 2 aromatic carbocycles. The summed E-state index contributed by atoms with van der Waals surface area (Å²) < 4.78 is 2.81. The molecule has 0 aliphatic heterocycles. The van der Waals surface area contributed by atoms with Crippen molar-refractivity contribution in [1.82, 2.24) is 8.52 Å². The fraction of sp³-hybridized carbons (Fsp3) is 0.176. The highest BCUT2D eigenvalue weighted by Gasteiger charge is 2.11. The third-order valence-corrected chi connectivity index (χ3v) is 4.49. The molecule has 0 saturated heterocycles. The maximum atomic E-state index is 12.4. The lowest BCUT2D eigenvalue weighted by Gasteiger charge is -2.04. The maximum absolute atomic E-state index is 12.4. The van der Waals surface area contributed by atoms with E-state index < -0.39 is 0 Å². The molecule has 0 aliphatic rings. The molecule has 22 heavy (non-hydrogen) atoms. The van der Waals surface area contributed by atoms with E-state index in [9.17, 15) is 9.59 Å². The van der Waals surface area contributed by atoms with Gasteiger partial charge in [0, 0.05) is 11.5 Å². The summed E-state index contributed by atoms with van der Waals surface area (Å²) >= 11 is 0.972. The predicted octanol–water partition coefficient (Wildman–Crippen LogP) is 2.48. The van der Waals surface area contributed by atoms with Gasteiger partial charge in [0.2, 0.25) is 0 Å². The van der Waals surface area contributed by atoms with Crippen LogP contribution in [0.2, 0.25) is 0 Å². The molecule has 0 N–H and O–H groups in total. The molecule has 3 rings (SSSR count). The maximum Gasteiger partial charge on any atom is 0.341 e. The van der Waals surface area contributed by atoms with Crippen LogP contribution < -0.4 is 10.6 Å². The minimum Gasteiger partial charge on any atom is -0.255 e. The van der Waals surface area contributed by atoms with Crippen molar-refractivity contribution in [3.63, 3.8) is 0 Å². The zero-order valence-corrected chi connectivity index (χ0v) is 13.0. The first kappa shape index (κ1) is 14.5. The SMILES string of the molecule is Cc1ccccc1Cn1c(=O)sn(Cc2ccccc2)c1=O. The van der Waals surface area contributed by atoms with Gasteiger partial charge in [0.15, 0.2) is 0 Å². The minimum absolute atomic E-state index is 0.218. The minimum atomic E-state index is -0.248. The smallest absolute Gasteiger partial charge is 0.255 e. The van der Waals surface area contributed by atoms with Crippen molar-refractivity contribution in [1.29, 1.82) is 0 Å². The van der Waals surface area contributed by atoms with Crippen LogP contribution in [0.3, 0.4) is 0 Å². The van der Waals surface area contributed by atoms with E-state index in [1.165, 1.54) is 8.52 Å². The van der Waals surface area contributed by atoms with E-state index in [0.717, 1.165) is 28.2 Å². The van der Waals surface area contributed by atoms with Gasteiger partial charge < -0.3 is 0 Å². The largest absolute Gasteiger partial charge is 0.341 e. The summed E-state index contributed by atoms with van der Waals surface area (Å²) in [5, 5.41) is 0. The zero-order valence-electron chi connectivity index (χ0n) is 12.2. The Labute approximate surface area is 132 Å². The van der Waals surface area contributed by atoms with Gasteiger partial charge in [-0.05, 0) is 23.6 Å². The Morgan fingerprint density at radius 3 is 2.32 bits per heavy atom. The number of hydrogen-bond donors (Lipinski definition) is 0. The monoisotopic (exact) mass is 312 g/mol. The Bertz CT molecular complexity index is 891. The molecular formula is C17H16N2O2S. The van der Waals surface area contributed by atoms with Crippen LogP contribution in [0.5, 0.6) is 0 Å². The van der Waals surface area contributed by atoms with Gasteiger partial charge in [0.1, 0.15) is 0 Å². The van der Waals surface area contributed by atoms with Crippen molar-refractivity contribution in [3.05, 3.63) is 91.4 Å². The molecule has 0 unspecified atom stereocenters. The lowest BCUT2D eigenvalue weighted by atomic mass is 10.1. The first-order valence-electron chi connectivity index (χ1n) is 7.04. The second-order valence-electron chi connectivity index (χ2n) is 5.17. The highest BCUT2D eigenvalue weighted by atomic mass is 32.1. The van der Waals surface area contributed by atoms with Gasteiger partial charge >= 0.3 is 10.6 Å². The molecular weight excluding hydrogens is 296 g/mol. The van der Waals surface area contributed by atoms with Crippen molar-refractivity contribution in [2.75, 3.05) is 0 Å². The Balaban J connectivity index is 1.93. The highest BCUT2D eigenvalue weighted by Crippen LogP contribution is 2.08. The second kappa shape index (κ2) is 6.15. The van der Waals surface area contributed by atoms with E-state index in [1.807, 2.05) is 61.5 Å². The molecule has 0 amide bonds. The average Bonchev–Trinajstić information content (AvgIpc) is 2.78. The Morgan fingerprint density at radius 2 is 1.59 bits per heavy atom. The molecule has 5 heteroatoms. The number of hydrogen-bond acceptors (Lipinski definition) is 3. The zero-order chi connectivity index (χ0) is 15.5. The summed E-state index contributed by atoms with van der Waals surface area (Å²) in [5.74, 6) is 0. The number of benzene rings is 2. The fourth-order valence-corrected chi connectivity index (χ4v) is 3.15. The van der Waals surface area contributed by atoms with Gasteiger partial charge in [0.05, 0.1) is 13.1 Å². The molecule has 112 valence electrons. The van der Waals surface area contributed by atoms with Crippen LogP contribution in [0.15, 0.2) is 64.2 Å². The van der Waals surface area contributed by atoms with E-state index in [2.05, 4.69) is 0 Å². The van der Waals surface area contributed by atoms with Gasteiger partial charge in [-0.15, -0.1) is 0 Å². The predicted molar refractivity (Wildman–Crippen MR) is 88.7 cm³/mol. The molecule has 0 fully saturated rings. The molecule has 1 heterocycles. The fourth-order valence-electron chi connectivity index (χ4n) is 2.33. The topological polar surface area (TPSA) is 44.0 Å². The third-order valence-electron chi connectivity index (χ3n) is 3.61. The van der Waals surface area contributed by atoms with Crippen molar-refractivity contribution in [2.24, 2.45) is 0 Å². The quantitative estimate of drug-likeness (QED) is 0.743. The van der Waals surface area contributed by atoms with E-state index in [0.29, 0.717) is 13.1 Å². The van der Waals surface area contributed by atoms with E-state index >= 15 is 0 Å². The van der Waals surface area contributed by atoms with Gasteiger partial charge in [-0.2, -0.15) is 0 Å². The first-order chi connectivity index (χ1) is 10.6. The van der Waals surface area contributed by atoms with Crippen molar-refractivity contribution in [3.8, 4) is 0 Å². The molecule has 0 saturated carbocycles. The van der Waals surface area contributed by atoms with E-state index in [-0.39, 0.29) is 10.6 Å². The Morgan fingerprint density at radius 1 is 0.909 bits per heavy atom. The molecule has 0 bridgehead atoms. The third kappa shape index (κ3) is 2.94. The summed E-state index contributed by atoms with van der Waals surface area (Å²) in [5.41, 5.74) is 2.83. The van der Waals surface area contributed by atoms with Crippen LogP contribution >= 0.6 is 11.5 Å². The van der Waals surface area contributed by atoms with Gasteiger partial charge in [-0.3, -0.25) is 4.79 Å². The molecule has 3 aromatic rings. The summed E-state index contributed by atoms with van der Waals surface area (Å²) in [6.45, 7) is 2.73. The van der Waals surface area contributed by atoms with Crippen LogP contribution in [-0.2, 0) is 13.1 Å². The van der Waals surface area contributed by atoms with Crippen molar-refractivity contribution in [2.45, 2.75) is 20.0 Å². The second-order valence-corrected chi connectivity index (χ2v) is 6.15. The summed E-state index contributed by atoms with van der Waals surface area (Å²) in [7, 11) is 0. The van der Waals surface area contributed by atoms with Crippen molar-refractivity contribution >= 4 is 11.5 Å². The highest BCUT2D eigenvalue weighted by molar-refractivity contribution is 7.03. The molecule has 1 aromatic heterocycles. The van der Waals surface area contributed by atoms with Crippen LogP contribution in [0.1, 0.15) is 16.7 Å². The summed E-state index contributed by atoms with van der Waals surface area (Å²) in [4.78, 5) is 24.4. The van der Waals surface area contributed by atoms with Crippen LogP contribution in [0, 0.1) is 6.92 Å². The molecule has 0 radical (unpaired) electrons. The first-order valence-corrected chi connectivity index (χ1v) is 7.82. The number of aryl methyl sites for hydroxylation is 1. The van der Waals surface area contributed by atoms with Gasteiger partial charge in [-0.1, -0.05) is 54.6 Å². The normalized spacial score (nSPS) is 10.8. The van der Waals surface area contributed by atoms with E-state index in [4.69, 9.17) is 0 Å². The van der Waals surface area contributed by atoms with Crippen LogP contribution in [0.4, 0.5) is 0 Å². The average molecular weight is 312 g/mol. The molecule has 0 aliphatic carbocycles. The summed E-state index contributed by atoms with van der Waals surface area (Å²) in [6.07, 6.45) is 0. The van der Waals surface area contributed by atoms with Crippen molar-refractivity contribution < 1.29 is 0 Å². The molecule has 0 spiro atoms.